The van der Waals surface area contributed by atoms with Crippen molar-refractivity contribution in [2.45, 2.75) is 12.3 Å². The molecule has 0 aliphatic carbocycles. The van der Waals surface area contributed by atoms with Gasteiger partial charge in [-0.2, -0.15) is 5.10 Å². The molecule has 90 valence electrons. The van der Waals surface area contributed by atoms with Gasteiger partial charge in [0.2, 0.25) is 0 Å². The number of nitrogens with zero attached hydrogens (tertiary/aromatic N) is 3. The Kier molecular flexibility index (Phi) is 2.48. The first-order valence-corrected chi connectivity index (χ1v) is 7.88. The summed E-state index contributed by atoms with van der Waals surface area (Å²) in [6.45, 7) is 0. The Morgan fingerprint density at radius 2 is 2.29 bits per heavy atom. The number of pyridine rings is 1. The summed E-state index contributed by atoms with van der Waals surface area (Å²) < 4.78 is 25.4. The van der Waals surface area contributed by atoms with Crippen LogP contribution >= 0.6 is 15.9 Å². The molecule has 1 aliphatic rings. The first kappa shape index (κ1) is 11.2. The monoisotopic (exact) mass is 315 g/mol. The summed E-state index contributed by atoms with van der Waals surface area (Å²) >= 11 is 3.40. The molecule has 0 spiro atoms. The van der Waals surface area contributed by atoms with Gasteiger partial charge in [0.25, 0.3) is 0 Å². The molecule has 0 bridgehead atoms. The molecular weight excluding hydrogens is 306 g/mol. The van der Waals surface area contributed by atoms with Crippen molar-refractivity contribution < 1.29 is 8.42 Å². The second kappa shape index (κ2) is 3.78. The molecule has 0 N–H and O–H groups in total. The Bertz CT molecular complexity index is 680. The zero-order valence-corrected chi connectivity index (χ0v) is 11.3. The van der Waals surface area contributed by atoms with Crippen LogP contribution in [0.1, 0.15) is 18.2 Å². The zero-order chi connectivity index (χ0) is 12.0. The van der Waals surface area contributed by atoms with Gasteiger partial charge in [0.15, 0.2) is 21.3 Å². The fourth-order valence-corrected chi connectivity index (χ4v) is 4.22. The third-order valence-electron chi connectivity index (χ3n) is 2.93. The number of halogens is 1. The van der Waals surface area contributed by atoms with Gasteiger partial charge in [-0.15, -0.1) is 0 Å². The average Bonchev–Trinajstić information content (AvgIpc) is 2.82. The Balaban J connectivity index is 2.05. The summed E-state index contributed by atoms with van der Waals surface area (Å²) in [5, 5.41) is 4.33. The quantitative estimate of drug-likeness (QED) is 0.798. The molecule has 3 heterocycles. The van der Waals surface area contributed by atoms with E-state index in [1.165, 1.54) is 0 Å². The lowest BCUT2D eigenvalue weighted by molar-refractivity contribution is 0.601. The van der Waals surface area contributed by atoms with Crippen molar-refractivity contribution >= 4 is 31.4 Å². The van der Waals surface area contributed by atoms with Gasteiger partial charge in [-0.05, 0) is 34.5 Å². The molecule has 2 aromatic heterocycles. The summed E-state index contributed by atoms with van der Waals surface area (Å²) in [6.07, 6.45) is 2.43. The highest BCUT2D eigenvalue weighted by molar-refractivity contribution is 9.10. The molecule has 0 radical (unpaired) electrons. The summed E-state index contributed by atoms with van der Waals surface area (Å²) in [5.41, 5.74) is 0.729. The van der Waals surface area contributed by atoms with Crippen molar-refractivity contribution in [1.29, 1.82) is 0 Å². The molecule has 7 heteroatoms. The van der Waals surface area contributed by atoms with Gasteiger partial charge in [-0.3, -0.25) is 0 Å². The van der Waals surface area contributed by atoms with E-state index in [0.717, 1.165) is 10.1 Å². The van der Waals surface area contributed by atoms with E-state index in [-0.39, 0.29) is 17.4 Å². The Morgan fingerprint density at radius 1 is 1.47 bits per heavy atom. The van der Waals surface area contributed by atoms with Crippen LogP contribution in [0.2, 0.25) is 0 Å². The van der Waals surface area contributed by atoms with Crippen LogP contribution in [0.15, 0.2) is 22.8 Å². The maximum atomic E-state index is 11.4. The van der Waals surface area contributed by atoms with Gasteiger partial charge in [-0.1, -0.05) is 0 Å². The van der Waals surface area contributed by atoms with E-state index in [9.17, 15) is 8.42 Å². The molecule has 0 aromatic carbocycles. The fraction of sp³-hybridized carbons (Fsp3) is 0.400. The van der Waals surface area contributed by atoms with Gasteiger partial charge < -0.3 is 0 Å². The zero-order valence-electron chi connectivity index (χ0n) is 8.88. The van der Waals surface area contributed by atoms with Crippen molar-refractivity contribution in [2.24, 2.45) is 0 Å². The molecule has 5 nitrogen and oxygen atoms in total. The van der Waals surface area contributed by atoms with Gasteiger partial charge in [0, 0.05) is 12.1 Å². The van der Waals surface area contributed by atoms with E-state index in [4.69, 9.17) is 0 Å². The summed E-state index contributed by atoms with van der Waals surface area (Å²) in [6, 6.07) is 3.75. The van der Waals surface area contributed by atoms with E-state index in [0.29, 0.717) is 12.2 Å². The van der Waals surface area contributed by atoms with E-state index in [1.807, 2.05) is 12.1 Å². The van der Waals surface area contributed by atoms with Crippen molar-refractivity contribution in [3.8, 4) is 0 Å². The molecule has 1 aliphatic heterocycles. The number of hydrogen-bond donors (Lipinski definition) is 0. The molecular formula is C10H10BrN3O2S. The highest BCUT2D eigenvalue weighted by Crippen LogP contribution is 2.27. The van der Waals surface area contributed by atoms with Crippen LogP contribution < -0.4 is 0 Å². The standard InChI is InChI=1S/C10H10BrN3O2S/c11-8-2-1-4-14-10(8)12-9(13-14)7-3-5-17(15,16)6-7/h1-2,4,7H,3,5-6H2. The van der Waals surface area contributed by atoms with Crippen molar-refractivity contribution in [3.63, 3.8) is 0 Å². The van der Waals surface area contributed by atoms with Gasteiger partial charge in [-0.25, -0.2) is 17.9 Å². The lowest BCUT2D eigenvalue weighted by Gasteiger charge is -1.98. The van der Waals surface area contributed by atoms with E-state index in [1.54, 1.807) is 10.7 Å². The smallest absolute Gasteiger partial charge is 0.169 e. The van der Waals surface area contributed by atoms with Crippen LogP contribution in [0, 0.1) is 0 Å². The van der Waals surface area contributed by atoms with E-state index >= 15 is 0 Å². The topological polar surface area (TPSA) is 64.3 Å². The van der Waals surface area contributed by atoms with Crippen LogP contribution in [0.5, 0.6) is 0 Å². The molecule has 0 saturated carbocycles. The van der Waals surface area contributed by atoms with Gasteiger partial charge in [0.05, 0.1) is 16.0 Å². The van der Waals surface area contributed by atoms with E-state index < -0.39 is 9.84 Å². The average molecular weight is 316 g/mol. The number of aromatic nitrogens is 3. The van der Waals surface area contributed by atoms with Crippen molar-refractivity contribution in [3.05, 3.63) is 28.6 Å². The van der Waals surface area contributed by atoms with Crippen molar-refractivity contribution in [2.75, 3.05) is 11.5 Å². The minimum Gasteiger partial charge on any atom is -0.229 e. The highest BCUT2D eigenvalue weighted by Gasteiger charge is 2.31. The molecule has 1 atom stereocenters. The third kappa shape index (κ3) is 1.97. The minimum atomic E-state index is -2.89. The van der Waals surface area contributed by atoms with Crippen LogP contribution in [0.4, 0.5) is 0 Å². The molecule has 1 saturated heterocycles. The third-order valence-corrected chi connectivity index (χ3v) is 5.32. The number of rotatable bonds is 1. The number of fused-ring (bicyclic) bond motifs is 1. The molecule has 1 fully saturated rings. The first-order chi connectivity index (χ1) is 8.05. The van der Waals surface area contributed by atoms with Crippen LogP contribution in [0.25, 0.3) is 5.65 Å². The largest absolute Gasteiger partial charge is 0.229 e. The van der Waals surface area contributed by atoms with Crippen molar-refractivity contribution in [1.82, 2.24) is 14.6 Å². The summed E-state index contributed by atoms with van der Waals surface area (Å²) in [7, 11) is -2.89. The molecule has 2 aromatic rings. The predicted octanol–water partition coefficient (Wildman–Crippen LogP) is 1.39. The van der Waals surface area contributed by atoms with Gasteiger partial charge in [0.1, 0.15) is 0 Å². The van der Waals surface area contributed by atoms with Crippen LogP contribution in [-0.2, 0) is 9.84 Å². The van der Waals surface area contributed by atoms with E-state index in [2.05, 4.69) is 26.0 Å². The second-order valence-corrected chi connectivity index (χ2v) is 7.28. The molecule has 1 unspecified atom stereocenters. The minimum absolute atomic E-state index is 0.0631. The van der Waals surface area contributed by atoms with Crippen LogP contribution in [-0.4, -0.2) is 34.5 Å². The number of hydrogen-bond acceptors (Lipinski definition) is 4. The van der Waals surface area contributed by atoms with Crippen LogP contribution in [0.3, 0.4) is 0 Å². The SMILES string of the molecule is O=S1(=O)CCC(c2nc3c(Br)cccn3n2)C1. The van der Waals surface area contributed by atoms with Gasteiger partial charge >= 0.3 is 0 Å². The molecule has 3 rings (SSSR count). The summed E-state index contributed by atoms with van der Waals surface area (Å²) in [4.78, 5) is 4.40. The summed E-state index contributed by atoms with van der Waals surface area (Å²) in [5.74, 6) is 0.973. The fourth-order valence-electron chi connectivity index (χ4n) is 2.06. The normalized spacial score (nSPS) is 23.2. The Labute approximate surface area is 107 Å². The Morgan fingerprint density at radius 3 is 2.94 bits per heavy atom. The molecule has 17 heavy (non-hydrogen) atoms. The number of sulfone groups is 1. The predicted molar refractivity (Wildman–Crippen MR) is 66.7 cm³/mol. The second-order valence-electron chi connectivity index (χ2n) is 4.19. The molecule has 0 amide bonds. The highest BCUT2D eigenvalue weighted by atomic mass is 79.9. The lowest BCUT2D eigenvalue weighted by Crippen LogP contribution is -2.05. The Hall–Kier alpha value is -0.950. The lowest BCUT2D eigenvalue weighted by atomic mass is 10.1. The first-order valence-electron chi connectivity index (χ1n) is 5.26. The maximum absolute atomic E-state index is 11.4. The maximum Gasteiger partial charge on any atom is 0.169 e.